The number of esters is 1. The number of hydrogen-bond acceptors (Lipinski definition) is 6. The maximum atomic E-state index is 13.0. The van der Waals surface area contributed by atoms with Gasteiger partial charge in [0.15, 0.2) is 0 Å². The summed E-state index contributed by atoms with van der Waals surface area (Å²) in [6, 6.07) is 12.6. The zero-order valence-corrected chi connectivity index (χ0v) is 20.3. The molecule has 1 heterocycles. The molecule has 35 heavy (non-hydrogen) atoms. The van der Waals surface area contributed by atoms with Gasteiger partial charge in [0.05, 0.1) is 17.1 Å². The zero-order valence-electron chi connectivity index (χ0n) is 19.5. The van der Waals surface area contributed by atoms with Gasteiger partial charge in [-0.15, -0.1) is 0 Å². The van der Waals surface area contributed by atoms with Crippen LogP contribution in [-0.4, -0.2) is 50.2 Å². The SMILES string of the molecule is CCOC(=O)c1ccc(S(=O)(=O)N2CCC(C(=O)Nc3ccc(NC(=O)C4CC4)cc3)CC2)cc1. The van der Waals surface area contributed by atoms with E-state index in [-0.39, 0.29) is 48.2 Å². The average Bonchev–Trinajstić information content (AvgIpc) is 3.71. The van der Waals surface area contributed by atoms with Gasteiger partial charge in [-0.25, -0.2) is 13.2 Å². The second kappa shape index (κ2) is 10.6. The molecule has 186 valence electrons. The molecule has 2 amide bonds. The summed E-state index contributed by atoms with van der Waals surface area (Å²) in [4.78, 5) is 36.5. The Kier molecular flexibility index (Phi) is 7.51. The summed E-state index contributed by atoms with van der Waals surface area (Å²) < 4.78 is 32.3. The van der Waals surface area contributed by atoms with Crippen LogP contribution in [0.1, 0.15) is 43.0 Å². The van der Waals surface area contributed by atoms with Crippen LogP contribution in [0.2, 0.25) is 0 Å². The van der Waals surface area contributed by atoms with Crippen LogP contribution in [0.3, 0.4) is 0 Å². The third-order valence-corrected chi connectivity index (χ3v) is 8.11. The summed E-state index contributed by atoms with van der Waals surface area (Å²) in [6.07, 6.45) is 2.67. The third-order valence-electron chi connectivity index (χ3n) is 6.20. The molecule has 10 heteroatoms. The van der Waals surface area contributed by atoms with Gasteiger partial charge in [-0.1, -0.05) is 0 Å². The van der Waals surface area contributed by atoms with Crippen LogP contribution in [-0.2, 0) is 24.3 Å². The summed E-state index contributed by atoms with van der Waals surface area (Å²) in [7, 11) is -3.73. The maximum absolute atomic E-state index is 13.0. The highest BCUT2D eigenvalue weighted by atomic mass is 32.2. The molecule has 1 aliphatic heterocycles. The minimum Gasteiger partial charge on any atom is -0.462 e. The molecule has 0 unspecified atom stereocenters. The number of nitrogens with zero attached hydrogens (tertiary/aromatic N) is 1. The molecular weight excluding hydrogens is 470 g/mol. The van der Waals surface area contributed by atoms with Crippen molar-refractivity contribution in [1.29, 1.82) is 0 Å². The Labute approximate surface area is 204 Å². The molecule has 1 saturated carbocycles. The van der Waals surface area contributed by atoms with Crippen molar-refractivity contribution in [3.05, 3.63) is 54.1 Å². The van der Waals surface area contributed by atoms with Crippen LogP contribution in [0.25, 0.3) is 0 Å². The van der Waals surface area contributed by atoms with Crippen molar-refractivity contribution in [3.63, 3.8) is 0 Å². The zero-order chi connectivity index (χ0) is 25.0. The number of anilines is 2. The number of amides is 2. The number of rotatable bonds is 8. The minimum atomic E-state index is -3.73. The third kappa shape index (κ3) is 6.07. The molecule has 2 aromatic carbocycles. The minimum absolute atomic E-state index is 0.0263. The van der Waals surface area contributed by atoms with Crippen LogP contribution in [0.4, 0.5) is 11.4 Å². The topological polar surface area (TPSA) is 122 Å². The molecule has 2 aliphatic rings. The molecule has 1 saturated heterocycles. The molecule has 1 aliphatic carbocycles. The normalized spacial score (nSPS) is 16.9. The number of nitrogens with one attached hydrogen (secondary N) is 2. The molecule has 0 atom stereocenters. The molecule has 0 bridgehead atoms. The van der Waals surface area contributed by atoms with Gasteiger partial charge in [-0.3, -0.25) is 9.59 Å². The van der Waals surface area contributed by atoms with Crippen molar-refractivity contribution in [3.8, 4) is 0 Å². The molecule has 0 radical (unpaired) electrons. The highest BCUT2D eigenvalue weighted by Gasteiger charge is 2.32. The molecule has 9 nitrogen and oxygen atoms in total. The van der Waals surface area contributed by atoms with E-state index in [1.165, 1.54) is 28.6 Å². The first-order chi connectivity index (χ1) is 16.8. The molecule has 2 N–H and O–H groups in total. The number of piperidine rings is 1. The first-order valence-corrected chi connectivity index (χ1v) is 13.2. The summed E-state index contributed by atoms with van der Waals surface area (Å²) in [5.41, 5.74) is 1.60. The molecule has 2 fully saturated rings. The van der Waals surface area contributed by atoms with E-state index in [2.05, 4.69) is 10.6 Å². The number of sulfonamides is 1. The quantitative estimate of drug-likeness (QED) is 0.538. The van der Waals surface area contributed by atoms with E-state index >= 15 is 0 Å². The summed E-state index contributed by atoms with van der Waals surface area (Å²) in [5, 5.41) is 5.73. The van der Waals surface area contributed by atoms with Crippen molar-refractivity contribution in [2.24, 2.45) is 11.8 Å². The van der Waals surface area contributed by atoms with Gasteiger partial charge >= 0.3 is 5.97 Å². The van der Waals surface area contributed by atoms with Gasteiger partial charge in [-0.05, 0) is 81.1 Å². The lowest BCUT2D eigenvalue weighted by atomic mass is 9.97. The lowest BCUT2D eigenvalue weighted by molar-refractivity contribution is -0.121. The van der Waals surface area contributed by atoms with E-state index < -0.39 is 16.0 Å². The van der Waals surface area contributed by atoms with Crippen LogP contribution >= 0.6 is 0 Å². The molecule has 0 spiro atoms. The van der Waals surface area contributed by atoms with Crippen molar-refractivity contribution < 1.29 is 27.5 Å². The molecule has 0 aromatic heterocycles. The fourth-order valence-electron chi connectivity index (χ4n) is 3.96. The summed E-state index contributed by atoms with van der Waals surface area (Å²) >= 11 is 0. The predicted octanol–water partition coefficient (Wildman–Crippen LogP) is 3.25. The first-order valence-electron chi connectivity index (χ1n) is 11.8. The number of ether oxygens (including phenoxy) is 1. The van der Waals surface area contributed by atoms with Crippen molar-refractivity contribution in [2.45, 2.75) is 37.5 Å². The number of carbonyl (C=O) groups is 3. The number of hydrogen-bond donors (Lipinski definition) is 2. The van der Waals surface area contributed by atoms with Gasteiger partial charge in [0, 0.05) is 36.3 Å². The summed E-state index contributed by atoms with van der Waals surface area (Å²) in [6.45, 7) is 2.40. The van der Waals surface area contributed by atoms with E-state index in [0.29, 0.717) is 29.8 Å². The van der Waals surface area contributed by atoms with E-state index in [1.54, 1.807) is 31.2 Å². The van der Waals surface area contributed by atoms with E-state index in [0.717, 1.165) is 12.8 Å². The standard InChI is InChI=1S/C25H29N3O6S/c1-2-34-25(31)19-5-11-22(12-6-19)35(32,33)28-15-13-18(14-16-28)24(30)27-21-9-7-20(8-10-21)26-23(29)17-3-4-17/h5-12,17-18H,2-4,13-16H2,1H3,(H,26,29)(H,27,30). The summed E-state index contributed by atoms with van der Waals surface area (Å²) in [5.74, 6) is -0.815. The predicted molar refractivity (Wildman–Crippen MR) is 130 cm³/mol. The highest BCUT2D eigenvalue weighted by molar-refractivity contribution is 7.89. The van der Waals surface area contributed by atoms with E-state index in [4.69, 9.17) is 4.74 Å². The first kappa shape index (κ1) is 24.9. The van der Waals surface area contributed by atoms with Gasteiger partial charge in [0.2, 0.25) is 21.8 Å². The van der Waals surface area contributed by atoms with Crippen molar-refractivity contribution >= 4 is 39.2 Å². The lowest BCUT2D eigenvalue weighted by Crippen LogP contribution is -2.41. The van der Waals surface area contributed by atoms with Crippen LogP contribution in [0.15, 0.2) is 53.4 Å². The smallest absolute Gasteiger partial charge is 0.338 e. The van der Waals surface area contributed by atoms with E-state index in [1.807, 2.05) is 0 Å². The van der Waals surface area contributed by atoms with Crippen molar-refractivity contribution in [1.82, 2.24) is 4.31 Å². The van der Waals surface area contributed by atoms with Crippen LogP contribution in [0.5, 0.6) is 0 Å². The molecular formula is C25H29N3O6S. The number of benzene rings is 2. The van der Waals surface area contributed by atoms with Gasteiger partial charge in [0.1, 0.15) is 0 Å². The lowest BCUT2D eigenvalue weighted by Gasteiger charge is -2.30. The van der Waals surface area contributed by atoms with Crippen LogP contribution in [0, 0.1) is 11.8 Å². The Hall–Kier alpha value is -3.24. The Balaban J connectivity index is 1.29. The van der Waals surface area contributed by atoms with Crippen LogP contribution < -0.4 is 10.6 Å². The fraction of sp³-hybridized carbons (Fsp3) is 0.400. The van der Waals surface area contributed by atoms with Gasteiger partial charge < -0.3 is 15.4 Å². The Bertz CT molecular complexity index is 1180. The highest BCUT2D eigenvalue weighted by Crippen LogP contribution is 2.30. The fourth-order valence-corrected chi connectivity index (χ4v) is 5.43. The largest absolute Gasteiger partial charge is 0.462 e. The second-order valence-electron chi connectivity index (χ2n) is 8.75. The Morgan fingerprint density at radius 3 is 1.77 bits per heavy atom. The monoisotopic (exact) mass is 499 g/mol. The van der Waals surface area contributed by atoms with E-state index in [9.17, 15) is 22.8 Å². The maximum Gasteiger partial charge on any atom is 0.338 e. The van der Waals surface area contributed by atoms with Gasteiger partial charge in [-0.2, -0.15) is 4.31 Å². The Morgan fingerprint density at radius 2 is 1.31 bits per heavy atom. The number of carbonyl (C=O) groups excluding carboxylic acids is 3. The Morgan fingerprint density at radius 1 is 0.829 bits per heavy atom. The van der Waals surface area contributed by atoms with Gasteiger partial charge in [0.25, 0.3) is 0 Å². The molecule has 4 rings (SSSR count). The molecule has 2 aromatic rings. The average molecular weight is 500 g/mol. The van der Waals surface area contributed by atoms with Crippen molar-refractivity contribution in [2.75, 3.05) is 30.3 Å². The second-order valence-corrected chi connectivity index (χ2v) is 10.7.